The van der Waals surface area contributed by atoms with Gasteiger partial charge in [0.25, 0.3) is 0 Å². The van der Waals surface area contributed by atoms with Crippen LogP contribution in [0.2, 0.25) is 0 Å². The van der Waals surface area contributed by atoms with Crippen molar-refractivity contribution in [1.29, 1.82) is 0 Å². The minimum Gasteiger partial charge on any atom is -0.393 e. The lowest BCUT2D eigenvalue weighted by molar-refractivity contribution is -0.180. The number of aliphatic hydroxyl groups is 2. The Morgan fingerprint density at radius 3 is 2.78 bits per heavy atom. The number of aliphatic hydroxyl groups excluding tert-OH is 1. The van der Waals surface area contributed by atoms with Gasteiger partial charge in [-0.2, -0.15) is 0 Å². The Bertz CT molecular complexity index is 699. The first-order valence-corrected chi connectivity index (χ1v) is 10.3. The van der Waals surface area contributed by atoms with Crippen LogP contribution in [0.4, 0.5) is 0 Å². The van der Waals surface area contributed by atoms with Gasteiger partial charge in [0.05, 0.1) is 6.10 Å². The molecule has 27 heavy (non-hydrogen) atoms. The van der Waals surface area contributed by atoms with Crippen molar-refractivity contribution in [3.63, 3.8) is 0 Å². The van der Waals surface area contributed by atoms with E-state index in [-0.39, 0.29) is 35.6 Å². The number of carbonyl (C=O) groups excluding carboxylic acids is 2. The number of Topliss-reactive ketones (excluding diaryl/α,β-unsaturated/α-hetero) is 2. The van der Waals surface area contributed by atoms with Gasteiger partial charge >= 0.3 is 0 Å². The van der Waals surface area contributed by atoms with Gasteiger partial charge in [-0.3, -0.25) is 9.59 Å². The van der Waals surface area contributed by atoms with E-state index in [1.807, 2.05) is 6.92 Å². The summed E-state index contributed by atoms with van der Waals surface area (Å²) in [6, 6.07) is 0. The molecule has 0 aromatic heterocycles. The van der Waals surface area contributed by atoms with Crippen LogP contribution in [-0.4, -0.2) is 47.2 Å². The number of rotatable bonds is 3. The third-order valence-electron chi connectivity index (χ3n) is 8.76. The van der Waals surface area contributed by atoms with Crippen molar-refractivity contribution < 1.29 is 24.5 Å². The Hall–Kier alpha value is -1.04. The first kappa shape index (κ1) is 19.3. The second-order valence-electron chi connectivity index (χ2n) is 9.84. The molecule has 4 rings (SSSR count). The molecule has 0 amide bonds. The number of ether oxygens (including phenoxy) is 1. The van der Waals surface area contributed by atoms with Crippen LogP contribution in [0.5, 0.6) is 0 Å². The molecule has 0 unspecified atom stereocenters. The summed E-state index contributed by atoms with van der Waals surface area (Å²) in [6.07, 6.45) is 6.06. The van der Waals surface area contributed by atoms with Crippen LogP contribution in [0.25, 0.3) is 0 Å². The molecular formula is C22H32O5. The van der Waals surface area contributed by atoms with E-state index in [2.05, 4.69) is 13.0 Å². The molecule has 3 saturated carbocycles. The van der Waals surface area contributed by atoms with Crippen LogP contribution >= 0.6 is 0 Å². The Kier molecular flexibility index (Phi) is 4.45. The van der Waals surface area contributed by atoms with Crippen LogP contribution in [-0.2, 0) is 14.3 Å². The highest BCUT2D eigenvalue weighted by Gasteiger charge is 2.68. The monoisotopic (exact) mass is 376 g/mol. The maximum atomic E-state index is 12.7. The molecule has 0 heterocycles. The maximum Gasteiger partial charge on any atom is 0.190 e. The molecule has 5 heteroatoms. The minimum absolute atomic E-state index is 0.0904. The summed E-state index contributed by atoms with van der Waals surface area (Å²) in [7, 11) is 1.47. The van der Waals surface area contributed by atoms with Crippen molar-refractivity contribution in [3.8, 4) is 0 Å². The van der Waals surface area contributed by atoms with Gasteiger partial charge in [-0.1, -0.05) is 25.5 Å². The number of ketones is 2. The summed E-state index contributed by atoms with van der Waals surface area (Å²) in [4.78, 5) is 24.7. The molecule has 0 aliphatic heterocycles. The summed E-state index contributed by atoms with van der Waals surface area (Å²) in [5, 5.41) is 22.6. The highest BCUT2D eigenvalue weighted by molar-refractivity contribution is 5.89. The fraction of sp³-hybridized carbons (Fsp3) is 0.818. The van der Waals surface area contributed by atoms with Crippen molar-refractivity contribution >= 4 is 11.6 Å². The van der Waals surface area contributed by atoms with E-state index in [4.69, 9.17) is 4.74 Å². The number of allylic oxidation sites excluding steroid dienone is 2. The minimum atomic E-state index is -1.42. The second-order valence-corrected chi connectivity index (χ2v) is 9.84. The van der Waals surface area contributed by atoms with E-state index in [1.54, 1.807) is 0 Å². The quantitative estimate of drug-likeness (QED) is 0.739. The summed E-state index contributed by atoms with van der Waals surface area (Å²) < 4.78 is 5.02. The summed E-state index contributed by atoms with van der Waals surface area (Å²) in [5.41, 5.74) is -0.997. The predicted octanol–water partition coefficient (Wildman–Crippen LogP) is 2.44. The summed E-state index contributed by atoms with van der Waals surface area (Å²) in [6.45, 7) is 4.11. The van der Waals surface area contributed by atoms with Gasteiger partial charge in [0.1, 0.15) is 18.0 Å². The molecule has 4 aliphatic rings. The molecule has 0 spiro atoms. The van der Waals surface area contributed by atoms with Crippen LogP contribution in [0, 0.1) is 28.6 Å². The van der Waals surface area contributed by atoms with Crippen molar-refractivity contribution in [2.45, 2.75) is 70.5 Å². The van der Waals surface area contributed by atoms with Crippen molar-refractivity contribution in [2.75, 3.05) is 13.7 Å². The zero-order valence-electron chi connectivity index (χ0n) is 16.7. The topological polar surface area (TPSA) is 83.8 Å². The average Bonchev–Trinajstić information content (AvgIpc) is 2.87. The molecule has 7 atom stereocenters. The van der Waals surface area contributed by atoms with E-state index < -0.39 is 17.1 Å². The van der Waals surface area contributed by atoms with E-state index in [1.165, 1.54) is 12.7 Å². The molecule has 0 bridgehead atoms. The Balaban J connectivity index is 1.71. The lowest BCUT2D eigenvalue weighted by Crippen LogP contribution is -2.61. The second kappa shape index (κ2) is 6.23. The lowest BCUT2D eigenvalue weighted by Gasteiger charge is -2.59. The SMILES string of the molecule is COCC(=O)[C@@]1(O)CC[C@H]2[C@@H]3CC=C4CC(=O)CC[C@]4(C)[C@H]3[C@@H](O)C[C@@]21C. The van der Waals surface area contributed by atoms with Gasteiger partial charge in [0, 0.05) is 25.4 Å². The number of fused-ring (bicyclic) bond motifs is 5. The average molecular weight is 376 g/mol. The molecule has 150 valence electrons. The fourth-order valence-corrected chi connectivity index (χ4v) is 7.32. The van der Waals surface area contributed by atoms with Crippen LogP contribution in [0.1, 0.15) is 58.8 Å². The van der Waals surface area contributed by atoms with Crippen molar-refractivity contribution in [3.05, 3.63) is 11.6 Å². The Labute approximate surface area is 161 Å². The number of carbonyl (C=O) groups is 2. The molecule has 5 nitrogen and oxygen atoms in total. The van der Waals surface area contributed by atoms with E-state index in [0.717, 1.165) is 19.3 Å². The number of methoxy groups -OCH3 is 1. The third kappa shape index (κ3) is 2.47. The predicted molar refractivity (Wildman–Crippen MR) is 99.9 cm³/mol. The first-order chi connectivity index (χ1) is 12.7. The van der Waals surface area contributed by atoms with Crippen molar-refractivity contribution in [1.82, 2.24) is 0 Å². The van der Waals surface area contributed by atoms with Gasteiger partial charge in [-0.15, -0.1) is 0 Å². The zero-order valence-corrected chi connectivity index (χ0v) is 16.7. The fourth-order valence-electron chi connectivity index (χ4n) is 7.32. The van der Waals surface area contributed by atoms with Crippen LogP contribution in [0.3, 0.4) is 0 Å². The molecule has 2 N–H and O–H groups in total. The number of hydrogen-bond acceptors (Lipinski definition) is 5. The standard InChI is InChI=1S/C22H32O5/c1-20-8-6-14(23)10-13(20)4-5-15-16-7-9-22(26,18(25)12-27-3)21(16,2)11-17(24)19(15)20/h4,15-17,19,24,26H,5-12H2,1-3H3/t15-,16-,17-,19+,20-,21-,22-/m0/s1. The molecule has 0 aromatic carbocycles. The van der Waals surface area contributed by atoms with E-state index in [0.29, 0.717) is 31.5 Å². The van der Waals surface area contributed by atoms with Crippen LogP contribution in [0.15, 0.2) is 11.6 Å². The first-order valence-electron chi connectivity index (χ1n) is 10.3. The summed E-state index contributed by atoms with van der Waals surface area (Å²) >= 11 is 0. The highest BCUT2D eigenvalue weighted by Crippen LogP contribution is 2.67. The van der Waals surface area contributed by atoms with E-state index in [9.17, 15) is 19.8 Å². The number of hydrogen-bond donors (Lipinski definition) is 2. The van der Waals surface area contributed by atoms with E-state index >= 15 is 0 Å². The lowest BCUT2D eigenvalue weighted by atomic mass is 9.46. The zero-order chi connectivity index (χ0) is 19.6. The highest BCUT2D eigenvalue weighted by atomic mass is 16.5. The third-order valence-corrected chi connectivity index (χ3v) is 8.76. The van der Waals surface area contributed by atoms with Gasteiger partial charge in [-0.05, 0) is 55.3 Å². The molecule has 4 aliphatic carbocycles. The van der Waals surface area contributed by atoms with Gasteiger partial charge < -0.3 is 14.9 Å². The maximum absolute atomic E-state index is 12.7. The molecule has 3 fully saturated rings. The summed E-state index contributed by atoms with van der Waals surface area (Å²) in [5.74, 6) is 0.576. The Morgan fingerprint density at radius 2 is 2.07 bits per heavy atom. The molecule has 0 aromatic rings. The van der Waals surface area contributed by atoms with Gasteiger partial charge in [0.15, 0.2) is 5.78 Å². The Morgan fingerprint density at radius 1 is 1.33 bits per heavy atom. The van der Waals surface area contributed by atoms with Crippen LogP contribution < -0.4 is 0 Å². The van der Waals surface area contributed by atoms with Crippen molar-refractivity contribution in [2.24, 2.45) is 28.6 Å². The molecule has 0 saturated heterocycles. The largest absolute Gasteiger partial charge is 0.393 e. The normalized spacial score (nSPS) is 49.1. The molecule has 0 radical (unpaired) electrons. The molecular weight excluding hydrogens is 344 g/mol. The smallest absolute Gasteiger partial charge is 0.190 e. The van der Waals surface area contributed by atoms with Gasteiger partial charge in [-0.25, -0.2) is 0 Å². The van der Waals surface area contributed by atoms with Gasteiger partial charge in [0.2, 0.25) is 0 Å².